The van der Waals surface area contributed by atoms with Crippen LogP contribution in [0, 0.1) is 0 Å². The molecule has 0 aromatic heterocycles. The molecule has 16 heteroatoms. The van der Waals surface area contributed by atoms with Crippen molar-refractivity contribution in [1.29, 1.82) is 0 Å². The number of aliphatic carboxylic acids is 2. The Kier molecular flexibility index (Phi) is 7.67. The van der Waals surface area contributed by atoms with Gasteiger partial charge in [-0.1, -0.05) is 30.3 Å². The number of carbonyl (C=O) groups excluding carboxylic acids is 3. The molecule has 4 aliphatic heterocycles. The van der Waals surface area contributed by atoms with Crippen molar-refractivity contribution >= 4 is 62.9 Å². The number of nitrogens with two attached hydrogens (primary N) is 1. The van der Waals surface area contributed by atoms with E-state index in [9.17, 15) is 37.5 Å². The van der Waals surface area contributed by atoms with E-state index in [1.54, 1.807) is 38.1 Å². The highest BCUT2D eigenvalue weighted by atomic mass is 35.5. The summed E-state index contributed by atoms with van der Waals surface area (Å²) in [4.78, 5) is 60.7. The van der Waals surface area contributed by atoms with Gasteiger partial charge in [-0.15, -0.1) is 23.4 Å². The lowest BCUT2D eigenvalue weighted by molar-refractivity contribution is -0.161. The molecule has 5 N–H and O–H groups in total. The van der Waals surface area contributed by atoms with Crippen LogP contribution in [0.5, 0.6) is 0 Å². The number of carbonyl (C=O) groups is 5. The van der Waals surface area contributed by atoms with E-state index in [4.69, 9.17) is 22.4 Å². The number of β-lactam (4-membered cyclic amide) rings is 2. The summed E-state index contributed by atoms with van der Waals surface area (Å²) in [7, 11) is -3.71. The zero-order valence-electron chi connectivity index (χ0n) is 21.7. The van der Waals surface area contributed by atoms with Gasteiger partial charge in [-0.2, -0.15) is 0 Å². The summed E-state index contributed by atoms with van der Waals surface area (Å²) in [6.45, 7) is 4.85. The van der Waals surface area contributed by atoms with E-state index in [0.29, 0.717) is 5.56 Å². The van der Waals surface area contributed by atoms with Gasteiger partial charge in [0.05, 0.1) is 6.42 Å². The SMILES string of the molecule is CC1(C)S[C@@H]2[C@H](NC(=O)[C@H](N)c3ccccc3)C(=O)N2[C@H]1C(=O)O.CC1(CCl)C(C(=O)O)N2C(=O)CC2S1(=O)=O. The summed E-state index contributed by atoms with van der Waals surface area (Å²) in [5.74, 6) is -3.98. The molecular weight excluding hydrogens is 588 g/mol. The number of carboxylic acids is 2. The Hall–Kier alpha value is -2.88. The zero-order chi connectivity index (χ0) is 29.9. The number of hydrogen-bond acceptors (Lipinski definition) is 9. The van der Waals surface area contributed by atoms with E-state index in [2.05, 4.69) is 5.32 Å². The number of thioether (sulfide) groups is 1. The first-order valence-corrected chi connectivity index (χ1v) is 15.1. The molecule has 0 aliphatic carbocycles. The van der Waals surface area contributed by atoms with Gasteiger partial charge in [0.1, 0.15) is 33.6 Å². The van der Waals surface area contributed by atoms with Crippen molar-refractivity contribution in [3.8, 4) is 0 Å². The fraction of sp³-hybridized carbons (Fsp3) is 0.542. The topological polar surface area (TPSA) is 204 Å². The lowest BCUT2D eigenvalue weighted by Crippen LogP contribution is -2.71. The van der Waals surface area contributed by atoms with Gasteiger partial charge in [-0.25, -0.2) is 18.0 Å². The third kappa shape index (κ3) is 4.43. The Labute approximate surface area is 239 Å². The summed E-state index contributed by atoms with van der Waals surface area (Å²) in [6, 6.07) is 5.00. The molecule has 5 rings (SSSR count). The maximum Gasteiger partial charge on any atom is 0.328 e. The molecule has 7 atom stereocenters. The molecule has 1 aromatic carbocycles. The second kappa shape index (κ2) is 10.2. The Morgan fingerprint density at radius 2 is 1.68 bits per heavy atom. The third-order valence-corrected chi connectivity index (χ3v) is 12.8. The van der Waals surface area contributed by atoms with Gasteiger partial charge in [0.15, 0.2) is 15.9 Å². The third-order valence-electron chi connectivity index (χ3n) is 7.73. The van der Waals surface area contributed by atoms with Crippen LogP contribution >= 0.6 is 23.4 Å². The first-order valence-electron chi connectivity index (χ1n) is 12.2. The predicted molar refractivity (Wildman–Crippen MR) is 144 cm³/mol. The van der Waals surface area contributed by atoms with Crippen LogP contribution in [0.2, 0.25) is 0 Å². The van der Waals surface area contributed by atoms with Crippen LogP contribution in [0.4, 0.5) is 0 Å². The minimum atomic E-state index is -3.71. The highest BCUT2D eigenvalue weighted by Crippen LogP contribution is 2.51. The van der Waals surface area contributed by atoms with Crippen LogP contribution in [-0.2, 0) is 33.8 Å². The van der Waals surface area contributed by atoms with Crippen molar-refractivity contribution in [3.05, 3.63) is 35.9 Å². The number of nitrogens with zero attached hydrogens (tertiary/aromatic N) is 2. The Balaban J connectivity index is 0.000000201. The lowest BCUT2D eigenvalue weighted by Gasteiger charge is -2.43. The minimum absolute atomic E-state index is 0.140. The van der Waals surface area contributed by atoms with Gasteiger partial charge < -0.3 is 31.1 Å². The summed E-state index contributed by atoms with van der Waals surface area (Å²) in [5, 5.41) is 19.7. The maximum absolute atomic E-state index is 12.3. The molecule has 40 heavy (non-hydrogen) atoms. The quantitative estimate of drug-likeness (QED) is 0.242. The number of nitrogens with one attached hydrogen (secondary N) is 1. The van der Waals surface area contributed by atoms with Gasteiger partial charge in [0, 0.05) is 10.6 Å². The number of amides is 3. The standard InChI is InChI=1S/C16H19N3O4S.C8H10ClNO5S/c1-16(2)11(15(22)23)19-13(21)10(14(19)24-16)18-12(20)9(17)8-6-4-3-5-7-8;1-8(3-9)6(7(12)13)10-4(11)2-5(10)16(8,14)15/h3-7,9-11,14H,17H2,1-2H3,(H,18,20)(H,22,23);5-6H,2-3H2,1H3,(H,12,13)/t9-,10-,11+,14-;/m1./s1. The molecule has 13 nitrogen and oxygen atoms in total. The minimum Gasteiger partial charge on any atom is -0.480 e. The molecule has 3 unspecified atom stereocenters. The van der Waals surface area contributed by atoms with Crippen LogP contribution < -0.4 is 11.1 Å². The Morgan fingerprint density at radius 1 is 1.10 bits per heavy atom. The fourth-order valence-electron chi connectivity index (χ4n) is 5.46. The second-order valence-corrected chi connectivity index (χ2v) is 15.3. The van der Waals surface area contributed by atoms with Gasteiger partial charge in [-0.3, -0.25) is 14.4 Å². The van der Waals surface area contributed by atoms with Gasteiger partial charge in [-0.05, 0) is 26.3 Å². The Morgan fingerprint density at radius 3 is 2.17 bits per heavy atom. The molecular formula is C24H29ClN4O9S2. The van der Waals surface area contributed by atoms with Crippen molar-refractivity contribution in [2.75, 3.05) is 5.88 Å². The first kappa shape index (κ1) is 30.1. The second-order valence-electron chi connectivity index (χ2n) is 10.7. The van der Waals surface area contributed by atoms with Crippen molar-refractivity contribution in [1.82, 2.24) is 15.1 Å². The number of carboxylic acid groups (broad SMARTS) is 2. The van der Waals surface area contributed by atoms with E-state index in [-0.39, 0.29) is 23.6 Å². The van der Waals surface area contributed by atoms with Crippen LogP contribution in [0.1, 0.15) is 38.8 Å². The van der Waals surface area contributed by atoms with E-state index in [1.807, 2.05) is 6.07 Å². The molecule has 0 bridgehead atoms. The van der Waals surface area contributed by atoms with Gasteiger partial charge in [0.25, 0.3) is 0 Å². The number of halogens is 1. The molecule has 4 aliphatic rings. The number of hydrogen-bond donors (Lipinski definition) is 4. The summed E-state index contributed by atoms with van der Waals surface area (Å²) >= 11 is 6.98. The molecule has 4 fully saturated rings. The number of fused-ring (bicyclic) bond motifs is 2. The number of rotatable bonds is 6. The molecule has 3 amide bonds. The molecule has 0 radical (unpaired) electrons. The predicted octanol–water partition coefficient (Wildman–Crippen LogP) is -0.258. The fourth-order valence-corrected chi connectivity index (χ4v) is 9.89. The summed E-state index contributed by atoms with van der Waals surface area (Å²) < 4.78 is 21.8. The summed E-state index contributed by atoms with van der Waals surface area (Å²) in [6.07, 6.45) is -0.140. The smallest absolute Gasteiger partial charge is 0.328 e. The van der Waals surface area contributed by atoms with Crippen molar-refractivity contribution < 1.29 is 42.6 Å². The average Bonchev–Trinajstić information content (AvgIpc) is 3.23. The molecule has 0 spiro atoms. The molecule has 4 saturated heterocycles. The van der Waals surface area contributed by atoms with E-state index < -0.39 is 72.6 Å². The van der Waals surface area contributed by atoms with E-state index >= 15 is 0 Å². The maximum atomic E-state index is 12.3. The highest BCUT2D eigenvalue weighted by molar-refractivity contribution is 8.01. The molecule has 1 aromatic rings. The molecule has 0 saturated carbocycles. The lowest BCUT2D eigenvalue weighted by atomic mass is 9.95. The number of sulfone groups is 1. The van der Waals surface area contributed by atoms with Gasteiger partial charge in [0.2, 0.25) is 17.7 Å². The molecule has 4 heterocycles. The zero-order valence-corrected chi connectivity index (χ0v) is 24.1. The van der Waals surface area contributed by atoms with Crippen LogP contribution in [0.25, 0.3) is 0 Å². The molecule has 218 valence electrons. The Bertz CT molecular complexity index is 1380. The van der Waals surface area contributed by atoms with Crippen molar-refractivity contribution in [2.45, 2.75) is 71.6 Å². The number of benzene rings is 1. The first-order chi connectivity index (χ1) is 18.5. The van der Waals surface area contributed by atoms with Gasteiger partial charge >= 0.3 is 11.9 Å². The average molecular weight is 617 g/mol. The normalized spacial score (nSPS) is 33.4. The van der Waals surface area contributed by atoms with E-state index in [1.165, 1.54) is 23.6 Å². The van der Waals surface area contributed by atoms with Crippen LogP contribution in [0.15, 0.2) is 30.3 Å². The monoisotopic (exact) mass is 616 g/mol. The van der Waals surface area contributed by atoms with Crippen molar-refractivity contribution in [3.63, 3.8) is 0 Å². The van der Waals surface area contributed by atoms with E-state index in [0.717, 1.165) is 4.90 Å². The number of alkyl halides is 1. The van der Waals surface area contributed by atoms with Crippen LogP contribution in [0.3, 0.4) is 0 Å². The van der Waals surface area contributed by atoms with Crippen LogP contribution in [-0.4, -0.2) is 102 Å². The largest absolute Gasteiger partial charge is 0.480 e. The highest BCUT2D eigenvalue weighted by Gasteiger charge is 2.69. The summed E-state index contributed by atoms with van der Waals surface area (Å²) in [5.41, 5.74) is 6.59. The van der Waals surface area contributed by atoms with Crippen molar-refractivity contribution in [2.24, 2.45) is 5.73 Å².